The molecule has 1 aromatic rings. The standard InChI is InChI=1S/C21H40IN3O3Si/c1-9-27-20-19(22)18(13-24(12-16(3)26)17-10-11-17)25(23-20)15(2)14-28-29(7,8)21(4,5)6/h15-17,26H,9-14H2,1-8H3/t15-,16-/m0/s1. The van der Waals surface area contributed by atoms with Gasteiger partial charge < -0.3 is 14.3 Å². The van der Waals surface area contributed by atoms with Gasteiger partial charge >= 0.3 is 0 Å². The number of hydrogen-bond donors (Lipinski definition) is 1. The molecule has 6 nitrogen and oxygen atoms in total. The van der Waals surface area contributed by atoms with Gasteiger partial charge in [-0.1, -0.05) is 20.8 Å². The average Bonchev–Trinajstić information content (AvgIpc) is 3.39. The van der Waals surface area contributed by atoms with Crippen molar-refractivity contribution in [2.45, 2.75) is 97.2 Å². The number of nitrogens with zero attached hydrogens (tertiary/aromatic N) is 3. The predicted molar refractivity (Wildman–Crippen MR) is 129 cm³/mol. The van der Waals surface area contributed by atoms with Gasteiger partial charge in [-0.2, -0.15) is 0 Å². The molecule has 0 radical (unpaired) electrons. The molecular weight excluding hydrogens is 497 g/mol. The summed E-state index contributed by atoms with van der Waals surface area (Å²) >= 11 is 2.36. The maximum Gasteiger partial charge on any atom is 0.246 e. The van der Waals surface area contributed by atoms with Crippen LogP contribution in [0, 0.1) is 3.57 Å². The average molecular weight is 538 g/mol. The third-order valence-electron chi connectivity index (χ3n) is 6.02. The van der Waals surface area contributed by atoms with E-state index in [9.17, 15) is 5.11 Å². The van der Waals surface area contributed by atoms with Crippen molar-refractivity contribution in [1.82, 2.24) is 14.7 Å². The minimum atomic E-state index is -1.82. The van der Waals surface area contributed by atoms with E-state index in [1.54, 1.807) is 0 Å². The number of hydrogen-bond acceptors (Lipinski definition) is 5. The molecule has 1 aromatic heterocycles. The summed E-state index contributed by atoms with van der Waals surface area (Å²) in [5.74, 6) is 0.704. The maximum atomic E-state index is 9.96. The molecule has 1 fully saturated rings. The molecule has 0 aliphatic heterocycles. The van der Waals surface area contributed by atoms with E-state index in [-0.39, 0.29) is 17.2 Å². The molecule has 1 aliphatic rings. The number of aliphatic hydroxyl groups excluding tert-OH is 1. The number of aliphatic hydroxyl groups is 1. The first-order chi connectivity index (χ1) is 13.4. The fourth-order valence-corrected chi connectivity index (χ4v) is 4.86. The summed E-state index contributed by atoms with van der Waals surface area (Å²) in [5, 5.41) is 15.0. The molecule has 0 unspecified atom stereocenters. The molecule has 0 saturated heterocycles. The minimum Gasteiger partial charge on any atom is -0.476 e. The van der Waals surface area contributed by atoms with Crippen LogP contribution in [0.5, 0.6) is 5.88 Å². The van der Waals surface area contributed by atoms with E-state index in [0.717, 1.165) is 15.8 Å². The first-order valence-corrected chi connectivity index (χ1v) is 14.8. The van der Waals surface area contributed by atoms with Crippen LogP contribution in [-0.4, -0.2) is 60.0 Å². The van der Waals surface area contributed by atoms with Gasteiger partial charge in [0.1, 0.15) is 0 Å². The van der Waals surface area contributed by atoms with Crippen molar-refractivity contribution >= 4 is 30.9 Å². The molecule has 168 valence electrons. The molecule has 1 aliphatic carbocycles. The number of ether oxygens (including phenoxy) is 1. The van der Waals surface area contributed by atoms with Crippen molar-refractivity contribution in [2.75, 3.05) is 19.8 Å². The predicted octanol–water partition coefficient (Wildman–Crippen LogP) is 4.81. The highest BCUT2D eigenvalue weighted by atomic mass is 127. The van der Waals surface area contributed by atoms with Gasteiger partial charge in [0.05, 0.1) is 34.6 Å². The lowest BCUT2D eigenvalue weighted by molar-refractivity contribution is 0.114. The van der Waals surface area contributed by atoms with Crippen LogP contribution >= 0.6 is 22.6 Å². The third kappa shape index (κ3) is 6.66. The van der Waals surface area contributed by atoms with Crippen LogP contribution in [0.1, 0.15) is 66.1 Å². The van der Waals surface area contributed by atoms with Crippen LogP contribution in [-0.2, 0) is 11.0 Å². The molecule has 0 aromatic carbocycles. The number of halogens is 1. The molecule has 0 amide bonds. The van der Waals surface area contributed by atoms with Gasteiger partial charge in [-0.3, -0.25) is 9.58 Å². The summed E-state index contributed by atoms with van der Waals surface area (Å²) in [6, 6.07) is 0.688. The van der Waals surface area contributed by atoms with Crippen molar-refractivity contribution in [2.24, 2.45) is 0 Å². The molecule has 1 heterocycles. The summed E-state index contributed by atoms with van der Waals surface area (Å²) in [6.07, 6.45) is 2.08. The highest BCUT2D eigenvalue weighted by Crippen LogP contribution is 2.37. The molecule has 29 heavy (non-hydrogen) atoms. The Hall–Kier alpha value is -0.163. The second-order valence-electron chi connectivity index (χ2n) is 9.87. The zero-order chi connectivity index (χ0) is 22.0. The zero-order valence-electron chi connectivity index (χ0n) is 19.5. The quantitative estimate of drug-likeness (QED) is 0.324. The van der Waals surface area contributed by atoms with E-state index in [0.29, 0.717) is 31.7 Å². The SMILES string of the molecule is CCOc1nn([C@@H](C)CO[Si](C)(C)C(C)(C)C)c(CN(C[C@H](C)O)C2CC2)c1I. The van der Waals surface area contributed by atoms with Gasteiger partial charge in [-0.15, -0.1) is 5.10 Å². The Balaban J connectivity index is 2.24. The van der Waals surface area contributed by atoms with Crippen molar-refractivity contribution in [3.05, 3.63) is 9.26 Å². The third-order valence-corrected chi connectivity index (χ3v) is 11.6. The molecule has 1 N–H and O–H groups in total. The monoisotopic (exact) mass is 537 g/mol. The molecule has 8 heteroatoms. The van der Waals surface area contributed by atoms with Gasteiger partial charge in [0.25, 0.3) is 0 Å². The van der Waals surface area contributed by atoms with E-state index in [4.69, 9.17) is 14.3 Å². The van der Waals surface area contributed by atoms with Gasteiger partial charge in [-0.25, -0.2) is 0 Å². The Bertz CT molecular complexity index is 669. The van der Waals surface area contributed by atoms with Crippen LogP contribution in [0.2, 0.25) is 18.1 Å². The number of aromatic nitrogens is 2. The second kappa shape index (κ2) is 9.97. The fraction of sp³-hybridized carbons (Fsp3) is 0.857. The van der Waals surface area contributed by atoms with Crippen LogP contribution < -0.4 is 4.74 Å². The van der Waals surface area contributed by atoms with Crippen molar-refractivity contribution < 1.29 is 14.3 Å². The van der Waals surface area contributed by atoms with E-state index < -0.39 is 8.32 Å². The lowest BCUT2D eigenvalue weighted by atomic mass is 10.2. The lowest BCUT2D eigenvalue weighted by Crippen LogP contribution is -2.42. The number of rotatable bonds is 11. The summed E-state index contributed by atoms with van der Waals surface area (Å²) in [6.45, 7) is 20.1. The van der Waals surface area contributed by atoms with Crippen molar-refractivity contribution in [3.8, 4) is 5.88 Å². The molecule has 0 spiro atoms. The molecule has 1 saturated carbocycles. The van der Waals surface area contributed by atoms with Crippen molar-refractivity contribution in [1.29, 1.82) is 0 Å². The Morgan fingerprint density at radius 3 is 2.41 bits per heavy atom. The Morgan fingerprint density at radius 2 is 1.93 bits per heavy atom. The first-order valence-electron chi connectivity index (χ1n) is 10.8. The fourth-order valence-electron chi connectivity index (χ4n) is 3.09. The highest BCUT2D eigenvalue weighted by Gasteiger charge is 2.38. The second-order valence-corrected chi connectivity index (χ2v) is 15.8. The van der Waals surface area contributed by atoms with Crippen molar-refractivity contribution in [3.63, 3.8) is 0 Å². The highest BCUT2D eigenvalue weighted by molar-refractivity contribution is 14.1. The molecule has 2 rings (SSSR count). The smallest absolute Gasteiger partial charge is 0.246 e. The van der Waals surface area contributed by atoms with Crippen LogP contribution in [0.25, 0.3) is 0 Å². The molecule has 2 atom stereocenters. The lowest BCUT2D eigenvalue weighted by Gasteiger charge is -2.37. The van der Waals surface area contributed by atoms with Gasteiger partial charge in [0.2, 0.25) is 5.88 Å². The largest absolute Gasteiger partial charge is 0.476 e. The van der Waals surface area contributed by atoms with E-state index >= 15 is 0 Å². The first kappa shape index (κ1) is 25.1. The van der Waals surface area contributed by atoms with E-state index in [1.807, 2.05) is 13.8 Å². The summed E-state index contributed by atoms with van der Waals surface area (Å²) in [7, 11) is -1.82. The maximum absolute atomic E-state index is 9.96. The Labute approximate surface area is 191 Å². The van der Waals surface area contributed by atoms with E-state index in [1.165, 1.54) is 12.8 Å². The van der Waals surface area contributed by atoms with E-state index in [2.05, 4.69) is 73.0 Å². The van der Waals surface area contributed by atoms with Gasteiger partial charge in [0, 0.05) is 19.1 Å². The molecule has 0 bridgehead atoms. The van der Waals surface area contributed by atoms with Gasteiger partial charge in [-0.05, 0) is 74.3 Å². The Kier molecular flexibility index (Phi) is 8.63. The van der Waals surface area contributed by atoms with Crippen LogP contribution in [0.4, 0.5) is 0 Å². The summed E-state index contributed by atoms with van der Waals surface area (Å²) in [5.41, 5.74) is 1.16. The normalized spacial score (nSPS) is 17.6. The molecular formula is C21H40IN3O3Si. The van der Waals surface area contributed by atoms with Crippen LogP contribution in [0.15, 0.2) is 0 Å². The minimum absolute atomic E-state index is 0.120. The topological polar surface area (TPSA) is 59.8 Å². The van der Waals surface area contributed by atoms with Gasteiger partial charge in [0.15, 0.2) is 8.32 Å². The van der Waals surface area contributed by atoms with Crippen LogP contribution in [0.3, 0.4) is 0 Å². The summed E-state index contributed by atoms with van der Waals surface area (Å²) < 4.78 is 15.5. The zero-order valence-corrected chi connectivity index (χ0v) is 22.6. The summed E-state index contributed by atoms with van der Waals surface area (Å²) in [4.78, 5) is 2.39. The Morgan fingerprint density at radius 1 is 1.31 bits per heavy atom.